The van der Waals surface area contributed by atoms with Gasteiger partial charge in [0, 0.05) is 17.8 Å². The molecular formula is C18H22ClFN4O. The Bertz CT molecular complexity index is 819. The van der Waals surface area contributed by atoms with Crippen LogP contribution >= 0.6 is 11.6 Å². The average Bonchev–Trinajstić information content (AvgIpc) is 2.90. The van der Waals surface area contributed by atoms with Gasteiger partial charge in [0.15, 0.2) is 0 Å². The van der Waals surface area contributed by atoms with Crippen molar-refractivity contribution in [1.29, 1.82) is 0 Å². The second kappa shape index (κ2) is 6.11. The summed E-state index contributed by atoms with van der Waals surface area (Å²) in [6, 6.07) is 3.32. The lowest BCUT2D eigenvalue weighted by Crippen LogP contribution is -2.53. The van der Waals surface area contributed by atoms with Crippen molar-refractivity contribution >= 4 is 23.0 Å². The molecule has 2 aromatic rings. The summed E-state index contributed by atoms with van der Waals surface area (Å²) in [5, 5.41) is 14.0. The third kappa shape index (κ3) is 3.16. The molecule has 0 aliphatic carbocycles. The summed E-state index contributed by atoms with van der Waals surface area (Å²) in [7, 11) is 0. The minimum absolute atomic E-state index is 0.0578. The molecular weight excluding hydrogens is 343 g/mol. The molecule has 0 radical (unpaired) electrons. The first-order valence-corrected chi connectivity index (χ1v) is 8.57. The SMILES string of the molecule is Cc1ncc(Cl)c(-c2cc(F)c3c(c2)N(C(C)C)C(C(C)(C)O)N3)n1. The van der Waals surface area contributed by atoms with E-state index in [1.54, 1.807) is 20.8 Å². The number of aliphatic hydroxyl groups is 1. The lowest BCUT2D eigenvalue weighted by Gasteiger charge is -2.37. The number of hydrogen-bond donors (Lipinski definition) is 2. The first-order chi connectivity index (χ1) is 11.6. The lowest BCUT2D eigenvalue weighted by molar-refractivity contribution is 0.0579. The number of nitrogens with zero attached hydrogens (tertiary/aromatic N) is 3. The molecule has 134 valence electrons. The molecule has 1 aliphatic rings. The normalized spacial score (nSPS) is 17.0. The minimum atomic E-state index is -1.06. The summed E-state index contributed by atoms with van der Waals surface area (Å²) < 4.78 is 14.8. The Labute approximate surface area is 151 Å². The van der Waals surface area contributed by atoms with Crippen molar-refractivity contribution in [3.05, 3.63) is 35.0 Å². The molecule has 0 spiro atoms. The molecule has 1 unspecified atom stereocenters. The lowest BCUT2D eigenvalue weighted by atomic mass is 10.0. The highest BCUT2D eigenvalue weighted by atomic mass is 35.5. The zero-order valence-electron chi connectivity index (χ0n) is 14.9. The van der Waals surface area contributed by atoms with Crippen LogP contribution in [0.25, 0.3) is 11.3 Å². The third-order valence-electron chi connectivity index (χ3n) is 4.27. The number of anilines is 2. The number of halogens is 2. The number of aryl methyl sites for hydroxylation is 1. The van der Waals surface area contributed by atoms with Crippen LogP contribution in [0.3, 0.4) is 0 Å². The monoisotopic (exact) mass is 364 g/mol. The molecule has 0 saturated heterocycles. The first kappa shape index (κ1) is 17.9. The third-order valence-corrected chi connectivity index (χ3v) is 4.55. The Hall–Kier alpha value is -1.92. The minimum Gasteiger partial charge on any atom is -0.386 e. The van der Waals surface area contributed by atoms with Gasteiger partial charge in [0.05, 0.1) is 27.7 Å². The Morgan fingerprint density at radius 1 is 1.36 bits per heavy atom. The van der Waals surface area contributed by atoms with E-state index in [2.05, 4.69) is 15.3 Å². The zero-order valence-corrected chi connectivity index (χ0v) is 15.7. The van der Waals surface area contributed by atoms with Gasteiger partial charge in [-0.3, -0.25) is 0 Å². The van der Waals surface area contributed by atoms with E-state index < -0.39 is 17.6 Å². The zero-order chi connectivity index (χ0) is 18.5. The molecule has 2 heterocycles. The van der Waals surface area contributed by atoms with Gasteiger partial charge in [-0.05, 0) is 46.8 Å². The Morgan fingerprint density at radius 2 is 2.04 bits per heavy atom. The van der Waals surface area contributed by atoms with E-state index >= 15 is 0 Å². The van der Waals surface area contributed by atoms with Gasteiger partial charge in [0.2, 0.25) is 0 Å². The van der Waals surface area contributed by atoms with E-state index in [9.17, 15) is 9.50 Å². The molecule has 0 saturated carbocycles. The highest BCUT2D eigenvalue weighted by Gasteiger charge is 2.41. The van der Waals surface area contributed by atoms with Crippen molar-refractivity contribution in [2.24, 2.45) is 0 Å². The van der Waals surface area contributed by atoms with Crippen LogP contribution in [0.4, 0.5) is 15.8 Å². The molecule has 0 amide bonds. The maximum Gasteiger partial charge on any atom is 0.149 e. The Balaban J connectivity index is 2.17. The van der Waals surface area contributed by atoms with Crippen LogP contribution in [0.2, 0.25) is 5.02 Å². The van der Waals surface area contributed by atoms with Gasteiger partial charge >= 0.3 is 0 Å². The van der Waals surface area contributed by atoms with Gasteiger partial charge in [-0.1, -0.05) is 11.6 Å². The molecule has 0 fully saturated rings. The fourth-order valence-corrected chi connectivity index (χ4v) is 3.37. The molecule has 1 atom stereocenters. The van der Waals surface area contributed by atoms with Crippen molar-refractivity contribution in [3.63, 3.8) is 0 Å². The molecule has 1 aliphatic heterocycles. The number of hydrogen-bond acceptors (Lipinski definition) is 5. The van der Waals surface area contributed by atoms with Crippen molar-refractivity contribution in [1.82, 2.24) is 9.97 Å². The summed E-state index contributed by atoms with van der Waals surface area (Å²) in [5.41, 5.74) is 1.08. The van der Waals surface area contributed by atoms with Crippen molar-refractivity contribution in [2.45, 2.75) is 52.4 Å². The molecule has 5 nitrogen and oxygen atoms in total. The van der Waals surface area contributed by atoms with Gasteiger partial charge in [0.25, 0.3) is 0 Å². The second-order valence-corrected chi connectivity index (χ2v) is 7.57. The predicted octanol–water partition coefficient (Wildman–Crippen LogP) is 3.98. The molecule has 3 rings (SSSR count). The number of aromatic nitrogens is 2. The van der Waals surface area contributed by atoms with Crippen molar-refractivity contribution in [3.8, 4) is 11.3 Å². The molecule has 0 bridgehead atoms. The molecule has 1 aromatic heterocycles. The molecule has 25 heavy (non-hydrogen) atoms. The number of fused-ring (bicyclic) bond motifs is 1. The largest absolute Gasteiger partial charge is 0.386 e. The van der Waals surface area contributed by atoms with E-state index in [0.29, 0.717) is 33.5 Å². The summed E-state index contributed by atoms with van der Waals surface area (Å²) in [5.74, 6) is 0.158. The topological polar surface area (TPSA) is 61.3 Å². The van der Waals surface area contributed by atoms with Gasteiger partial charge in [-0.15, -0.1) is 0 Å². The maximum atomic E-state index is 14.8. The van der Waals surface area contributed by atoms with Crippen LogP contribution in [0, 0.1) is 12.7 Å². The quantitative estimate of drug-likeness (QED) is 0.862. The standard InChI is InChI=1S/C18H22ClFN4O/c1-9(2)24-14-7-11(15-12(19)8-21-10(3)22-15)6-13(20)16(14)23-17(24)18(4,5)25/h6-9,17,23,25H,1-5H3. The smallest absolute Gasteiger partial charge is 0.149 e. The summed E-state index contributed by atoms with van der Waals surface area (Å²) in [4.78, 5) is 10.4. The maximum absolute atomic E-state index is 14.8. The second-order valence-electron chi connectivity index (χ2n) is 7.17. The van der Waals surface area contributed by atoms with E-state index in [1.165, 1.54) is 12.3 Å². The van der Waals surface area contributed by atoms with Crippen LogP contribution in [0.5, 0.6) is 0 Å². The van der Waals surface area contributed by atoms with Crippen molar-refractivity contribution < 1.29 is 9.50 Å². The van der Waals surface area contributed by atoms with E-state index in [0.717, 1.165) is 0 Å². The first-order valence-electron chi connectivity index (χ1n) is 8.20. The van der Waals surface area contributed by atoms with Crippen LogP contribution in [-0.4, -0.2) is 32.9 Å². The fourth-order valence-electron chi connectivity index (χ4n) is 3.17. The van der Waals surface area contributed by atoms with E-state index in [4.69, 9.17) is 11.6 Å². The van der Waals surface area contributed by atoms with Crippen LogP contribution < -0.4 is 10.2 Å². The van der Waals surface area contributed by atoms with Crippen molar-refractivity contribution in [2.75, 3.05) is 10.2 Å². The van der Waals surface area contributed by atoms with Crippen LogP contribution in [0.15, 0.2) is 18.3 Å². The van der Waals surface area contributed by atoms with Crippen LogP contribution in [0.1, 0.15) is 33.5 Å². The Morgan fingerprint density at radius 3 is 2.64 bits per heavy atom. The highest BCUT2D eigenvalue weighted by molar-refractivity contribution is 6.32. The fraction of sp³-hybridized carbons (Fsp3) is 0.444. The van der Waals surface area contributed by atoms with E-state index in [1.807, 2.05) is 24.8 Å². The number of nitrogens with one attached hydrogen (secondary N) is 1. The summed E-state index contributed by atoms with van der Waals surface area (Å²) in [6.45, 7) is 9.17. The molecule has 1 aromatic carbocycles. The predicted molar refractivity (Wildman–Crippen MR) is 98.5 cm³/mol. The van der Waals surface area contributed by atoms with E-state index in [-0.39, 0.29) is 6.04 Å². The van der Waals surface area contributed by atoms with Crippen LogP contribution in [-0.2, 0) is 0 Å². The number of benzene rings is 1. The Kier molecular flexibility index (Phi) is 4.37. The summed E-state index contributed by atoms with van der Waals surface area (Å²) in [6.07, 6.45) is 1.08. The highest BCUT2D eigenvalue weighted by Crippen LogP contribution is 2.43. The van der Waals surface area contributed by atoms with Gasteiger partial charge in [-0.2, -0.15) is 0 Å². The summed E-state index contributed by atoms with van der Waals surface area (Å²) >= 11 is 6.22. The van der Waals surface area contributed by atoms with Gasteiger partial charge in [0.1, 0.15) is 17.8 Å². The van der Waals surface area contributed by atoms with Gasteiger partial charge in [-0.25, -0.2) is 14.4 Å². The number of rotatable bonds is 3. The molecule has 7 heteroatoms. The molecule has 2 N–H and O–H groups in total. The average molecular weight is 365 g/mol. The van der Waals surface area contributed by atoms with Gasteiger partial charge < -0.3 is 15.3 Å².